The van der Waals surface area contributed by atoms with Crippen LogP contribution in [0.3, 0.4) is 0 Å². The molecule has 4 rings (SSSR count). The second kappa shape index (κ2) is 7.59. The Labute approximate surface area is 159 Å². The Hall–Kier alpha value is -1.93. The molecule has 1 aliphatic carbocycles. The van der Waals surface area contributed by atoms with Crippen LogP contribution in [0.2, 0.25) is 0 Å². The van der Waals surface area contributed by atoms with E-state index in [-0.39, 0.29) is 16.8 Å². The summed E-state index contributed by atoms with van der Waals surface area (Å²) in [5, 5.41) is 2.96. The molecule has 146 valence electrons. The summed E-state index contributed by atoms with van der Waals surface area (Å²) in [6.07, 6.45) is 4.87. The fraction of sp³-hybridized carbons (Fsp3) is 0.579. The Kier molecular flexibility index (Phi) is 5.19. The smallest absolute Gasteiger partial charge is 0.285 e. The van der Waals surface area contributed by atoms with Gasteiger partial charge in [-0.2, -0.15) is 8.42 Å². The lowest BCUT2D eigenvalue weighted by Crippen LogP contribution is -2.46. The van der Waals surface area contributed by atoms with Crippen LogP contribution in [0.15, 0.2) is 33.6 Å². The molecule has 2 fully saturated rings. The summed E-state index contributed by atoms with van der Waals surface area (Å²) >= 11 is 0. The molecule has 27 heavy (non-hydrogen) atoms. The zero-order valence-electron chi connectivity index (χ0n) is 15.3. The van der Waals surface area contributed by atoms with Gasteiger partial charge < -0.3 is 15.0 Å². The lowest BCUT2D eigenvalue weighted by atomic mass is 10.1. The lowest BCUT2D eigenvalue weighted by Gasteiger charge is -2.25. The first kappa shape index (κ1) is 18.4. The molecule has 2 aliphatic heterocycles. The Balaban J connectivity index is 1.35. The highest BCUT2D eigenvalue weighted by Gasteiger charge is 2.39. The van der Waals surface area contributed by atoms with E-state index in [1.807, 2.05) is 4.90 Å². The van der Waals surface area contributed by atoms with E-state index in [1.165, 1.54) is 12.8 Å². The number of benzene rings is 1. The number of amides is 1. The third-order valence-corrected chi connectivity index (χ3v) is 6.58. The maximum absolute atomic E-state index is 12.6. The molecule has 1 amide bonds. The number of carbonyl (C=O) groups is 1. The number of nitrogens with zero attached hydrogens (tertiary/aromatic N) is 2. The van der Waals surface area contributed by atoms with E-state index in [1.54, 1.807) is 24.3 Å². The zero-order valence-corrected chi connectivity index (χ0v) is 16.1. The number of likely N-dealkylation sites (tertiary alicyclic amines) is 1. The van der Waals surface area contributed by atoms with Crippen LogP contribution in [0, 0.1) is 5.92 Å². The minimum absolute atomic E-state index is 0.0702. The molecular formula is C19H25N3O4S. The molecule has 7 nitrogen and oxygen atoms in total. The number of ether oxygens (including phenoxy) is 1. The van der Waals surface area contributed by atoms with Crippen LogP contribution in [0.5, 0.6) is 0 Å². The minimum Gasteiger partial charge on any atom is -0.381 e. The van der Waals surface area contributed by atoms with E-state index in [9.17, 15) is 13.2 Å². The Morgan fingerprint density at radius 3 is 2.89 bits per heavy atom. The van der Waals surface area contributed by atoms with Gasteiger partial charge in [0.25, 0.3) is 10.0 Å². The van der Waals surface area contributed by atoms with Gasteiger partial charge in [0.05, 0.1) is 0 Å². The molecule has 1 atom stereocenters. The van der Waals surface area contributed by atoms with Gasteiger partial charge in [0.1, 0.15) is 10.9 Å². The van der Waals surface area contributed by atoms with E-state index < -0.39 is 10.0 Å². The highest BCUT2D eigenvalue weighted by Crippen LogP contribution is 2.31. The molecule has 1 saturated heterocycles. The monoisotopic (exact) mass is 391 g/mol. The first-order valence-corrected chi connectivity index (χ1v) is 11.1. The number of nitrogens with one attached hydrogen (secondary N) is 1. The topological polar surface area (TPSA) is 88.1 Å². The molecule has 1 N–H and O–H groups in total. The van der Waals surface area contributed by atoms with Crippen molar-refractivity contribution in [2.24, 2.45) is 10.3 Å². The van der Waals surface area contributed by atoms with Gasteiger partial charge in [-0.25, -0.2) is 0 Å². The van der Waals surface area contributed by atoms with Crippen molar-refractivity contribution in [3.05, 3.63) is 29.8 Å². The van der Waals surface area contributed by atoms with Crippen molar-refractivity contribution in [3.63, 3.8) is 0 Å². The van der Waals surface area contributed by atoms with Gasteiger partial charge in [0.15, 0.2) is 5.84 Å². The molecule has 8 heteroatoms. The molecular weight excluding hydrogens is 366 g/mol. The Bertz CT molecular complexity index is 848. The van der Waals surface area contributed by atoms with Crippen molar-refractivity contribution in [3.8, 4) is 0 Å². The summed E-state index contributed by atoms with van der Waals surface area (Å²) in [6.45, 7) is 2.68. The minimum atomic E-state index is -3.67. The number of sulfonamides is 1. The van der Waals surface area contributed by atoms with Crippen LogP contribution in [-0.2, 0) is 19.6 Å². The van der Waals surface area contributed by atoms with Crippen LogP contribution < -0.4 is 5.32 Å². The normalized spacial score (nSPS) is 23.2. The van der Waals surface area contributed by atoms with Crippen LogP contribution >= 0.6 is 0 Å². The molecule has 1 aromatic rings. The van der Waals surface area contributed by atoms with Crippen molar-refractivity contribution < 1.29 is 17.9 Å². The Morgan fingerprint density at radius 2 is 2.07 bits per heavy atom. The molecule has 1 saturated carbocycles. The first-order valence-electron chi connectivity index (χ1n) is 9.63. The van der Waals surface area contributed by atoms with Gasteiger partial charge in [-0.05, 0) is 50.2 Å². The van der Waals surface area contributed by atoms with Crippen molar-refractivity contribution in [2.45, 2.75) is 43.0 Å². The van der Waals surface area contributed by atoms with Gasteiger partial charge in [-0.3, -0.25) is 4.79 Å². The number of hydrogen-bond donors (Lipinski definition) is 1. The number of hydrogen-bond acceptors (Lipinski definition) is 5. The van der Waals surface area contributed by atoms with Gasteiger partial charge in [0, 0.05) is 31.9 Å². The summed E-state index contributed by atoms with van der Waals surface area (Å²) < 4.78 is 34.1. The molecule has 2 heterocycles. The van der Waals surface area contributed by atoms with Crippen molar-refractivity contribution in [1.29, 1.82) is 0 Å². The van der Waals surface area contributed by atoms with Gasteiger partial charge >= 0.3 is 0 Å². The maximum atomic E-state index is 12.6. The van der Waals surface area contributed by atoms with Gasteiger partial charge in [-0.15, -0.1) is 4.40 Å². The number of fused-ring (bicyclic) bond motifs is 1. The van der Waals surface area contributed by atoms with Crippen LogP contribution in [-0.4, -0.2) is 57.4 Å². The summed E-state index contributed by atoms with van der Waals surface area (Å²) in [5.41, 5.74) is 0.589. The highest BCUT2D eigenvalue weighted by molar-refractivity contribution is 7.90. The Morgan fingerprint density at radius 1 is 1.26 bits per heavy atom. The van der Waals surface area contributed by atoms with Crippen molar-refractivity contribution in [2.75, 3.05) is 26.3 Å². The van der Waals surface area contributed by atoms with Crippen LogP contribution in [0.1, 0.15) is 37.7 Å². The number of carbonyl (C=O) groups excluding carboxylic acids is 1. The summed E-state index contributed by atoms with van der Waals surface area (Å²) in [4.78, 5) is 14.7. The van der Waals surface area contributed by atoms with Gasteiger partial charge in [0.2, 0.25) is 5.91 Å². The second-order valence-electron chi connectivity index (χ2n) is 7.40. The number of rotatable bonds is 7. The SMILES string of the molecule is O=C(NCCCOCC1CC1)[C@@H]1CCCN1C1=NS(=O)(=O)c2ccccc21. The first-order chi connectivity index (χ1) is 13.1. The van der Waals surface area contributed by atoms with Crippen LogP contribution in [0.4, 0.5) is 0 Å². The summed E-state index contributed by atoms with van der Waals surface area (Å²) in [5.74, 6) is 1.08. The molecule has 0 unspecified atom stereocenters. The van der Waals surface area contributed by atoms with E-state index in [2.05, 4.69) is 9.71 Å². The van der Waals surface area contributed by atoms with Gasteiger partial charge in [-0.1, -0.05) is 12.1 Å². The average Bonchev–Trinajstić information content (AvgIpc) is 3.27. The zero-order chi connectivity index (χ0) is 18.9. The third-order valence-electron chi connectivity index (χ3n) is 5.26. The molecule has 3 aliphatic rings. The highest BCUT2D eigenvalue weighted by atomic mass is 32.2. The molecule has 0 aromatic heterocycles. The lowest BCUT2D eigenvalue weighted by molar-refractivity contribution is -0.124. The van der Waals surface area contributed by atoms with E-state index in [0.29, 0.717) is 37.5 Å². The van der Waals surface area contributed by atoms with Crippen LogP contribution in [0.25, 0.3) is 0 Å². The quantitative estimate of drug-likeness (QED) is 0.712. The summed E-state index contributed by atoms with van der Waals surface area (Å²) in [6, 6.07) is 6.42. The fourth-order valence-corrected chi connectivity index (χ4v) is 4.84. The summed E-state index contributed by atoms with van der Waals surface area (Å²) in [7, 11) is -3.67. The van der Waals surface area contributed by atoms with Crippen molar-refractivity contribution >= 4 is 21.8 Å². The largest absolute Gasteiger partial charge is 0.381 e. The second-order valence-corrected chi connectivity index (χ2v) is 8.97. The predicted octanol–water partition coefficient (Wildman–Crippen LogP) is 1.53. The molecule has 0 bridgehead atoms. The molecule has 1 aromatic carbocycles. The van der Waals surface area contributed by atoms with Crippen molar-refractivity contribution in [1.82, 2.24) is 10.2 Å². The fourth-order valence-electron chi connectivity index (χ4n) is 3.63. The van der Waals surface area contributed by atoms with E-state index >= 15 is 0 Å². The predicted molar refractivity (Wildman–Crippen MR) is 101 cm³/mol. The number of amidine groups is 1. The average molecular weight is 391 g/mol. The van der Waals surface area contributed by atoms with E-state index in [0.717, 1.165) is 25.4 Å². The standard InChI is InChI=1S/C19H25N3O4S/c23-19(20-10-4-12-26-13-14-8-9-14)16-6-3-11-22(16)18-15-5-1-2-7-17(15)27(24,25)21-18/h1-2,5,7,14,16H,3-4,6,8-13H2,(H,20,23)/t16-/m0/s1. The maximum Gasteiger partial charge on any atom is 0.285 e. The molecule has 0 radical (unpaired) electrons. The molecule has 0 spiro atoms. The third kappa shape index (κ3) is 4.01. The van der Waals surface area contributed by atoms with E-state index in [4.69, 9.17) is 4.74 Å².